The minimum Gasteiger partial charge on any atom is -0.487 e. The molecule has 0 radical (unpaired) electrons. The van der Waals surface area contributed by atoms with Gasteiger partial charge < -0.3 is 10.5 Å². The van der Waals surface area contributed by atoms with Crippen molar-refractivity contribution >= 4 is 11.3 Å². The maximum Gasteiger partial charge on any atom is 0.131 e. The summed E-state index contributed by atoms with van der Waals surface area (Å²) in [5.41, 5.74) is 7.03. The topological polar surface area (TPSA) is 48.1 Å². The molecule has 2 N–H and O–H groups in total. The van der Waals surface area contributed by atoms with Crippen molar-refractivity contribution in [2.45, 2.75) is 32.9 Å². The normalized spacial score (nSPS) is 12.4. The minimum atomic E-state index is -0.333. The van der Waals surface area contributed by atoms with Crippen LogP contribution in [0.2, 0.25) is 0 Å². The van der Waals surface area contributed by atoms with Crippen molar-refractivity contribution < 1.29 is 9.13 Å². The number of nitrogens with two attached hydrogens (primary N) is 1. The van der Waals surface area contributed by atoms with Gasteiger partial charge in [0.25, 0.3) is 0 Å². The lowest BCUT2D eigenvalue weighted by Crippen LogP contribution is -2.07. The Morgan fingerprint density at radius 3 is 2.84 bits per heavy atom. The molecular weight excluding hydrogens is 263 g/mol. The molecule has 0 unspecified atom stereocenters. The summed E-state index contributed by atoms with van der Waals surface area (Å²) < 4.78 is 19.2. The first-order valence-electron chi connectivity index (χ1n) is 6.21. The van der Waals surface area contributed by atoms with E-state index in [1.54, 1.807) is 30.4 Å². The SMILES string of the molecule is CCc1nc(COc2ccc([C@H](C)N)c(F)c2)cs1. The maximum absolute atomic E-state index is 13.7. The van der Waals surface area contributed by atoms with Gasteiger partial charge in [0.15, 0.2) is 0 Å². The van der Waals surface area contributed by atoms with Gasteiger partial charge in [-0.1, -0.05) is 13.0 Å². The first-order valence-corrected chi connectivity index (χ1v) is 7.09. The standard InChI is InChI=1S/C14H17FN2OS/c1-3-14-17-10(8-19-14)7-18-11-4-5-12(9(2)16)13(15)6-11/h4-6,8-9H,3,7,16H2,1-2H3/t9-/m0/s1. The average Bonchev–Trinajstić information content (AvgIpc) is 2.84. The molecule has 1 aromatic heterocycles. The summed E-state index contributed by atoms with van der Waals surface area (Å²) in [6, 6.07) is 4.44. The summed E-state index contributed by atoms with van der Waals surface area (Å²) in [5, 5.41) is 3.04. The van der Waals surface area contributed by atoms with Crippen molar-refractivity contribution in [3.05, 3.63) is 45.7 Å². The van der Waals surface area contributed by atoms with E-state index in [0.29, 0.717) is 17.9 Å². The predicted molar refractivity (Wildman–Crippen MR) is 74.8 cm³/mol. The van der Waals surface area contributed by atoms with Crippen molar-refractivity contribution in [3.63, 3.8) is 0 Å². The third-order valence-electron chi connectivity index (χ3n) is 2.75. The van der Waals surface area contributed by atoms with Crippen LogP contribution in [0.4, 0.5) is 4.39 Å². The van der Waals surface area contributed by atoms with E-state index in [1.807, 2.05) is 5.38 Å². The van der Waals surface area contributed by atoms with E-state index in [1.165, 1.54) is 6.07 Å². The fourth-order valence-electron chi connectivity index (χ4n) is 1.70. The summed E-state index contributed by atoms with van der Waals surface area (Å²) in [4.78, 5) is 4.39. The number of aryl methyl sites for hydroxylation is 1. The number of halogens is 1. The monoisotopic (exact) mass is 280 g/mol. The highest BCUT2D eigenvalue weighted by Crippen LogP contribution is 2.21. The Morgan fingerprint density at radius 2 is 2.26 bits per heavy atom. The average molecular weight is 280 g/mol. The van der Waals surface area contributed by atoms with Crippen LogP contribution < -0.4 is 10.5 Å². The van der Waals surface area contributed by atoms with Crippen LogP contribution in [0.25, 0.3) is 0 Å². The minimum absolute atomic E-state index is 0.320. The van der Waals surface area contributed by atoms with Crippen molar-refractivity contribution in [2.24, 2.45) is 5.73 Å². The number of thiazole rings is 1. The largest absolute Gasteiger partial charge is 0.487 e. The lowest BCUT2D eigenvalue weighted by atomic mass is 10.1. The molecule has 19 heavy (non-hydrogen) atoms. The van der Waals surface area contributed by atoms with Gasteiger partial charge in [0.1, 0.15) is 18.2 Å². The molecule has 0 spiro atoms. The Balaban J connectivity index is 2.01. The first kappa shape index (κ1) is 14.0. The molecular formula is C14H17FN2OS. The fraction of sp³-hybridized carbons (Fsp3) is 0.357. The predicted octanol–water partition coefficient (Wildman–Crippen LogP) is 3.44. The summed E-state index contributed by atoms with van der Waals surface area (Å²) in [5.74, 6) is 0.160. The molecule has 5 heteroatoms. The van der Waals surface area contributed by atoms with Crippen molar-refractivity contribution in [1.82, 2.24) is 4.98 Å². The molecule has 2 rings (SSSR count). The van der Waals surface area contributed by atoms with Crippen LogP contribution >= 0.6 is 11.3 Å². The molecule has 0 aliphatic heterocycles. The van der Waals surface area contributed by atoms with Crippen LogP contribution in [-0.2, 0) is 13.0 Å². The molecule has 0 aliphatic rings. The number of nitrogens with zero attached hydrogens (tertiary/aromatic N) is 1. The molecule has 0 amide bonds. The highest BCUT2D eigenvalue weighted by atomic mass is 32.1. The number of hydrogen-bond donors (Lipinski definition) is 1. The summed E-state index contributed by atoms with van der Waals surface area (Å²) in [7, 11) is 0. The summed E-state index contributed by atoms with van der Waals surface area (Å²) in [6.45, 7) is 4.17. The number of benzene rings is 1. The zero-order valence-electron chi connectivity index (χ0n) is 11.0. The molecule has 0 fully saturated rings. The highest BCUT2D eigenvalue weighted by Gasteiger charge is 2.08. The molecule has 1 aromatic carbocycles. The van der Waals surface area contributed by atoms with Crippen molar-refractivity contribution in [2.75, 3.05) is 0 Å². The van der Waals surface area contributed by atoms with E-state index in [0.717, 1.165) is 17.1 Å². The van der Waals surface area contributed by atoms with Crippen LogP contribution in [0, 0.1) is 5.82 Å². The fourth-order valence-corrected chi connectivity index (χ4v) is 2.43. The van der Waals surface area contributed by atoms with E-state index in [4.69, 9.17) is 10.5 Å². The van der Waals surface area contributed by atoms with Gasteiger partial charge in [-0.05, 0) is 19.4 Å². The van der Waals surface area contributed by atoms with E-state index >= 15 is 0 Å². The van der Waals surface area contributed by atoms with E-state index in [-0.39, 0.29) is 11.9 Å². The van der Waals surface area contributed by atoms with Crippen LogP contribution in [0.3, 0.4) is 0 Å². The third-order valence-corrected chi connectivity index (χ3v) is 3.79. The Bertz CT molecular complexity index is 554. The molecule has 1 heterocycles. The number of ether oxygens (including phenoxy) is 1. The first-order chi connectivity index (χ1) is 9.10. The molecule has 0 saturated heterocycles. The van der Waals surface area contributed by atoms with Gasteiger partial charge in [-0.25, -0.2) is 9.37 Å². The van der Waals surface area contributed by atoms with Crippen LogP contribution in [-0.4, -0.2) is 4.98 Å². The van der Waals surface area contributed by atoms with Crippen LogP contribution in [0.1, 0.15) is 36.2 Å². The molecule has 2 aromatic rings. The second-order valence-electron chi connectivity index (χ2n) is 4.35. The molecule has 3 nitrogen and oxygen atoms in total. The lowest BCUT2D eigenvalue weighted by Gasteiger charge is -2.09. The number of rotatable bonds is 5. The van der Waals surface area contributed by atoms with Gasteiger partial charge in [0, 0.05) is 23.1 Å². The summed E-state index contributed by atoms with van der Waals surface area (Å²) >= 11 is 1.61. The van der Waals surface area contributed by atoms with Crippen molar-refractivity contribution in [1.29, 1.82) is 0 Å². The summed E-state index contributed by atoms with van der Waals surface area (Å²) in [6.07, 6.45) is 0.919. The van der Waals surface area contributed by atoms with Crippen LogP contribution in [0.15, 0.2) is 23.6 Å². The van der Waals surface area contributed by atoms with Crippen molar-refractivity contribution in [3.8, 4) is 5.75 Å². The molecule has 0 aliphatic carbocycles. The lowest BCUT2D eigenvalue weighted by molar-refractivity contribution is 0.300. The van der Waals surface area contributed by atoms with Gasteiger partial charge in [-0.15, -0.1) is 11.3 Å². The van der Waals surface area contributed by atoms with E-state index < -0.39 is 0 Å². The molecule has 0 saturated carbocycles. The van der Waals surface area contributed by atoms with Gasteiger partial charge in [0.05, 0.1) is 10.7 Å². The maximum atomic E-state index is 13.7. The van der Waals surface area contributed by atoms with Gasteiger partial charge in [-0.2, -0.15) is 0 Å². The highest BCUT2D eigenvalue weighted by molar-refractivity contribution is 7.09. The zero-order chi connectivity index (χ0) is 13.8. The zero-order valence-corrected chi connectivity index (χ0v) is 11.8. The van der Waals surface area contributed by atoms with E-state index in [2.05, 4.69) is 11.9 Å². The van der Waals surface area contributed by atoms with Gasteiger partial charge in [-0.3, -0.25) is 0 Å². The number of aromatic nitrogens is 1. The van der Waals surface area contributed by atoms with Gasteiger partial charge in [0.2, 0.25) is 0 Å². The second-order valence-corrected chi connectivity index (χ2v) is 5.29. The van der Waals surface area contributed by atoms with E-state index in [9.17, 15) is 4.39 Å². The smallest absolute Gasteiger partial charge is 0.131 e. The molecule has 1 atom stereocenters. The molecule has 102 valence electrons. The van der Waals surface area contributed by atoms with Crippen LogP contribution in [0.5, 0.6) is 5.75 Å². The third kappa shape index (κ3) is 3.52. The Morgan fingerprint density at radius 1 is 1.47 bits per heavy atom. The Labute approximate surface area is 116 Å². The van der Waals surface area contributed by atoms with Gasteiger partial charge >= 0.3 is 0 Å². The Hall–Kier alpha value is -1.46. The quantitative estimate of drug-likeness (QED) is 0.912. The molecule has 0 bridgehead atoms. The number of hydrogen-bond acceptors (Lipinski definition) is 4. The second kappa shape index (κ2) is 6.12. The Kier molecular flexibility index (Phi) is 4.50.